The first kappa shape index (κ1) is 12.0. The molecule has 0 heterocycles. The summed E-state index contributed by atoms with van der Waals surface area (Å²) in [4.78, 5) is 11.2. The maximum Gasteiger partial charge on any atom is 0.311 e. The molecule has 0 saturated carbocycles. The van der Waals surface area contributed by atoms with Gasteiger partial charge in [-0.2, -0.15) is 0 Å². The molecule has 2 heteroatoms. The minimum absolute atomic E-state index is 0.145. The lowest BCUT2D eigenvalue weighted by atomic mass is 9.97. The van der Waals surface area contributed by atoms with E-state index in [0.717, 1.165) is 19.3 Å². The molecule has 0 aromatic heterocycles. The van der Waals surface area contributed by atoms with E-state index in [2.05, 4.69) is 5.92 Å². The molecule has 0 saturated heterocycles. The molecule has 0 fully saturated rings. The van der Waals surface area contributed by atoms with Crippen molar-refractivity contribution in [3.05, 3.63) is 0 Å². The minimum Gasteiger partial charge on any atom is -0.465 e. The first-order chi connectivity index (χ1) is 5.98. The zero-order valence-corrected chi connectivity index (χ0v) is 8.72. The van der Waals surface area contributed by atoms with E-state index in [-0.39, 0.29) is 5.97 Å². The number of hydrogen-bond donors (Lipinski definition) is 0. The van der Waals surface area contributed by atoms with Crippen molar-refractivity contribution in [3.63, 3.8) is 0 Å². The van der Waals surface area contributed by atoms with Crippen LogP contribution in [0.4, 0.5) is 0 Å². The molecule has 0 N–H and O–H groups in total. The molecule has 0 radical (unpaired) electrons. The largest absolute Gasteiger partial charge is 0.465 e. The Labute approximate surface area is 80.7 Å². The quantitative estimate of drug-likeness (QED) is 0.379. The molecule has 2 nitrogen and oxygen atoms in total. The second kappa shape index (κ2) is 5.64. The van der Waals surface area contributed by atoms with E-state index < -0.39 is 5.41 Å². The van der Waals surface area contributed by atoms with Crippen LogP contribution in [0.3, 0.4) is 0 Å². The SMILES string of the molecule is C#CCCCCOC(=O)C(C)(C)C. The van der Waals surface area contributed by atoms with Crippen LogP contribution in [0.2, 0.25) is 0 Å². The van der Waals surface area contributed by atoms with Crippen LogP contribution >= 0.6 is 0 Å². The number of terminal acetylenes is 1. The fourth-order valence-electron chi connectivity index (χ4n) is 0.710. The van der Waals surface area contributed by atoms with Gasteiger partial charge in [-0.1, -0.05) is 0 Å². The summed E-state index contributed by atoms with van der Waals surface area (Å²) >= 11 is 0. The number of hydrogen-bond acceptors (Lipinski definition) is 2. The van der Waals surface area contributed by atoms with Crippen molar-refractivity contribution < 1.29 is 9.53 Å². The Morgan fingerprint density at radius 1 is 1.38 bits per heavy atom. The van der Waals surface area contributed by atoms with Gasteiger partial charge in [0.25, 0.3) is 0 Å². The molecule has 0 unspecified atom stereocenters. The normalized spacial score (nSPS) is 10.6. The zero-order chi connectivity index (χ0) is 10.3. The molecule has 0 aliphatic carbocycles. The predicted molar refractivity (Wildman–Crippen MR) is 53.1 cm³/mol. The van der Waals surface area contributed by atoms with Gasteiger partial charge in [0.2, 0.25) is 0 Å². The van der Waals surface area contributed by atoms with Crippen molar-refractivity contribution >= 4 is 5.97 Å². The van der Waals surface area contributed by atoms with Gasteiger partial charge in [-0.15, -0.1) is 12.3 Å². The van der Waals surface area contributed by atoms with E-state index in [1.807, 2.05) is 20.8 Å². The van der Waals surface area contributed by atoms with Gasteiger partial charge in [0, 0.05) is 6.42 Å². The first-order valence-electron chi connectivity index (χ1n) is 4.59. The van der Waals surface area contributed by atoms with E-state index >= 15 is 0 Å². The van der Waals surface area contributed by atoms with Gasteiger partial charge in [0.1, 0.15) is 0 Å². The van der Waals surface area contributed by atoms with Crippen molar-refractivity contribution in [1.29, 1.82) is 0 Å². The third-order valence-corrected chi connectivity index (χ3v) is 1.56. The second-order valence-electron chi connectivity index (χ2n) is 4.05. The van der Waals surface area contributed by atoms with Gasteiger partial charge in [0.15, 0.2) is 0 Å². The molecular weight excluding hydrogens is 164 g/mol. The fraction of sp³-hybridized carbons (Fsp3) is 0.727. The third kappa shape index (κ3) is 6.21. The lowest BCUT2D eigenvalue weighted by Gasteiger charge is -2.16. The lowest BCUT2D eigenvalue weighted by Crippen LogP contribution is -2.23. The smallest absolute Gasteiger partial charge is 0.311 e. The third-order valence-electron chi connectivity index (χ3n) is 1.56. The summed E-state index contributed by atoms with van der Waals surface area (Å²) in [5.41, 5.74) is -0.397. The van der Waals surface area contributed by atoms with Crippen molar-refractivity contribution in [2.24, 2.45) is 5.41 Å². The van der Waals surface area contributed by atoms with Crippen LogP contribution in [0.5, 0.6) is 0 Å². The van der Waals surface area contributed by atoms with Crippen molar-refractivity contribution in [3.8, 4) is 12.3 Å². The molecule has 0 amide bonds. The molecule has 13 heavy (non-hydrogen) atoms. The number of esters is 1. The Bertz CT molecular complexity index is 193. The molecule has 0 bridgehead atoms. The predicted octanol–water partition coefficient (Wildman–Crippen LogP) is 2.38. The molecule has 0 spiro atoms. The average Bonchev–Trinajstić information content (AvgIpc) is 2.02. The van der Waals surface area contributed by atoms with Crippen molar-refractivity contribution in [1.82, 2.24) is 0 Å². The van der Waals surface area contributed by atoms with Crippen LogP contribution in [-0.4, -0.2) is 12.6 Å². The lowest BCUT2D eigenvalue weighted by molar-refractivity contribution is -0.153. The molecule has 0 aliphatic rings. The van der Waals surface area contributed by atoms with Crippen molar-refractivity contribution in [2.45, 2.75) is 40.0 Å². The highest BCUT2D eigenvalue weighted by atomic mass is 16.5. The number of rotatable bonds is 4. The standard InChI is InChI=1S/C11H18O2/c1-5-6-7-8-9-13-10(12)11(2,3)4/h1H,6-9H2,2-4H3. The molecule has 0 aliphatic heterocycles. The summed E-state index contributed by atoms with van der Waals surface area (Å²) in [7, 11) is 0. The molecular formula is C11H18O2. The van der Waals surface area contributed by atoms with E-state index in [1.165, 1.54) is 0 Å². The van der Waals surface area contributed by atoms with Crippen LogP contribution in [0.1, 0.15) is 40.0 Å². The Morgan fingerprint density at radius 2 is 2.00 bits per heavy atom. The molecule has 0 aromatic rings. The Morgan fingerprint density at radius 3 is 2.46 bits per heavy atom. The zero-order valence-electron chi connectivity index (χ0n) is 8.72. The summed E-state index contributed by atoms with van der Waals surface area (Å²) < 4.78 is 5.05. The molecule has 0 aromatic carbocycles. The van der Waals surface area contributed by atoms with Crippen LogP contribution < -0.4 is 0 Å². The number of carbonyl (C=O) groups excluding carboxylic acids is 1. The van der Waals surface area contributed by atoms with E-state index in [4.69, 9.17) is 11.2 Å². The van der Waals surface area contributed by atoms with Crippen molar-refractivity contribution in [2.75, 3.05) is 6.61 Å². The second-order valence-corrected chi connectivity index (χ2v) is 4.05. The number of unbranched alkanes of at least 4 members (excludes halogenated alkanes) is 2. The highest BCUT2D eigenvalue weighted by Crippen LogP contribution is 2.15. The van der Waals surface area contributed by atoms with Gasteiger partial charge in [-0.3, -0.25) is 4.79 Å². The summed E-state index contributed by atoms with van der Waals surface area (Å²) in [6, 6.07) is 0. The maximum atomic E-state index is 11.2. The van der Waals surface area contributed by atoms with Gasteiger partial charge in [-0.25, -0.2) is 0 Å². The summed E-state index contributed by atoms with van der Waals surface area (Å²) in [5, 5.41) is 0. The molecule has 74 valence electrons. The van der Waals surface area contributed by atoms with Crippen LogP contribution in [0, 0.1) is 17.8 Å². The minimum atomic E-state index is -0.397. The molecule has 0 atom stereocenters. The highest BCUT2D eigenvalue weighted by Gasteiger charge is 2.22. The summed E-state index contributed by atoms with van der Waals surface area (Å²) in [6.07, 6.45) is 7.62. The van der Waals surface area contributed by atoms with Gasteiger partial charge >= 0.3 is 5.97 Å². The highest BCUT2D eigenvalue weighted by molar-refractivity contribution is 5.75. The van der Waals surface area contributed by atoms with Gasteiger partial charge < -0.3 is 4.74 Å². The fourth-order valence-corrected chi connectivity index (χ4v) is 0.710. The molecule has 0 rings (SSSR count). The van der Waals surface area contributed by atoms with Gasteiger partial charge in [0.05, 0.1) is 12.0 Å². The Hall–Kier alpha value is -0.970. The number of carbonyl (C=O) groups is 1. The Balaban J connectivity index is 3.45. The van der Waals surface area contributed by atoms with E-state index in [9.17, 15) is 4.79 Å². The summed E-state index contributed by atoms with van der Waals surface area (Å²) in [5.74, 6) is 2.40. The van der Waals surface area contributed by atoms with Crippen LogP contribution in [-0.2, 0) is 9.53 Å². The van der Waals surface area contributed by atoms with E-state index in [0.29, 0.717) is 6.61 Å². The average molecular weight is 182 g/mol. The maximum absolute atomic E-state index is 11.2. The first-order valence-corrected chi connectivity index (χ1v) is 4.59. The van der Waals surface area contributed by atoms with Crippen LogP contribution in [0.15, 0.2) is 0 Å². The summed E-state index contributed by atoms with van der Waals surface area (Å²) in [6.45, 7) is 6.02. The topological polar surface area (TPSA) is 26.3 Å². The van der Waals surface area contributed by atoms with Gasteiger partial charge in [-0.05, 0) is 33.6 Å². The Kier molecular flexibility index (Phi) is 5.22. The monoisotopic (exact) mass is 182 g/mol. The van der Waals surface area contributed by atoms with Crippen LogP contribution in [0.25, 0.3) is 0 Å². The number of ether oxygens (including phenoxy) is 1. The van der Waals surface area contributed by atoms with E-state index in [1.54, 1.807) is 0 Å².